The van der Waals surface area contributed by atoms with Crippen LogP contribution in [0.3, 0.4) is 0 Å². The van der Waals surface area contributed by atoms with E-state index in [0.29, 0.717) is 18.4 Å². The fraction of sp³-hybridized carbons (Fsp3) is 0.471. The molecule has 1 saturated carbocycles. The SMILES string of the molecule is CC(=O)O[C@H]1C(=O)/C=C/C(=O)[C@@]23C(=O)N[C@@H](Cc4c[nH]c5ccccc45)[C@@H]2[C@H](C)[C@@]2(C)OC2[C@@H]3/C=C/C[C@H](C)/C=C/1C. The quantitative estimate of drug-likeness (QED) is 0.244. The minimum Gasteiger partial charge on any atom is -0.450 e. The molecule has 8 nitrogen and oxygen atoms in total. The Hall–Kier alpha value is -3.78. The second-order valence-corrected chi connectivity index (χ2v) is 12.7. The van der Waals surface area contributed by atoms with Gasteiger partial charge in [0.15, 0.2) is 11.9 Å². The topological polar surface area (TPSA) is 118 Å². The van der Waals surface area contributed by atoms with Gasteiger partial charge in [-0.25, -0.2) is 0 Å². The monoisotopic (exact) mass is 570 g/mol. The number of allylic oxidation sites excluding steroid dienone is 3. The number of benzene rings is 1. The van der Waals surface area contributed by atoms with E-state index in [1.807, 2.05) is 49.5 Å². The van der Waals surface area contributed by atoms with E-state index in [9.17, 15) is 19.2 Å². The van der Waals surface area contributed by atoms with Gasteiger partial charge in [0.25, 0.3) is 0 Å². The molecule has 8 heteroatoms. The van der Waals surface area contributed by atoms with Crippen LogP contribution in [0.1, 0.15) is 46.6 Å². The molecule has 6 rings (SSSR count). The van der Waals surface area contributed by atoms with Crippen LogP contribution in [0.15, 0.2) is 66.4 Å². The molecule has 2 aromatic rings. The number of ether oxygens (including phenoxy) is 2. The zero-order valence-corrected chi connectivity index (χ0v) is 24.7. The number of carbonyl (C=O) groups excluding carboxylic acids is 4. The molecule has 1 unspecified atom stereocenters. The summed E-state index contributed by atoms with van der Waals surface area (Å²) in [6, 6.07) is 7.72. The molecule has 3 fully saturated rings. The standard InChI is InChI=1S/C34H38N2O6/c1-18-9-8-11-24-31-33(5,42-31)20(3)29-26(16-22-17-35-25-12-7-6-10-23(22)25)36-32(40)34(24,29)28(39)14-13-27(38)30(19(2)15-18)41-21(4)37/h6-8,10-15,17-18,20,24,26,29-31,35H,9,16H2,1-5H3,(H,36,40)/b11-8+,14-13+,19-15+/t18-,20-,24-,26-,29-,30+,31?,33+,34+/m0/s1. The van der Waals surface area contributed by atoms with Gasteiger partial charge in [-0.15, -0.1) is 0 Å². The van der Waals surface area contributed by atoms with Crippen LogP contribution in [-0.4, -0.2) is 52.3 Å². The average Bonchev–Trinajstić information content (AvgIpc) is 3.35. The third-order valence-electron chi connectivity index (χ3n) is 10.1. The van der Waals surface area contributed by atoms with Crippen molar-refractivity contribution in [2.45, 2.75) is 71.3 Å². The van der Waals surface area contributed by atoms with Crippen LogP contribution in [-0.2, 0) is 35.1 Å². The first-order valence-corrected chi connectivity index (χ1v) is 14.8. The molecule has 1 aromatic heterocycles. The maximum Gasteiger partial charge on any atom is 0.303 e. The lowest BCUT2D eigenvalue weighted by Gasteiger charge is -2.45. The number of rotatable bonds is 3. The number of epoxide rings is 1. The number of hydrogen-bond donors (Lipinski definition) is 2. The van der Waals surface area contributed by atoms with Crippen molar-refractivity contribution >= 4 is 34.3 Å². The second-order valence-electron chi connectivity index (χ2n) is 12.7. The fourth-order valence-corrected chi connectivity index (χ4v) is 7.97. The summed E-state index contributed by atoms with van der Waals surface area (Å²) in [4.78, 5) is 57.2. The number of H-pyrrole nitrogens is 1. The molecule has 220 valence electrons. The number of ketones is 2. The van der Waals surface area contributed by atoms with Crippen LogP contribution in [0.5, 0.6) is 0 Å². The van der Waals surface area contributed by atoms with Gasteiger partial charge in [0.05, 0.1) is 11.7 Å². The Labute approximate surface area is 245 Å². The molecule has 2 N–H and O–H groups in total. The van der Waals surface area contributed by atoms with Crippen LogP contribution < -0.4 is 5.32 Å². The highest BCUT2D eigenvalue weighted by Crippen LogP contribution is 2.66. The Morgan fingerprint density at radius 1 is 1.14 bits per heavy atom. The van der Waals surface area contributed by atoms with Crippen molar-refractivity contribution in [2.75, 3.05) is 0 Å². The molecule has 2 saturated heterocycles. The fourth-order valence-electron chi connectivity index (χ4n) is 7.97. The van der Waals surface area contributed by atoms with E-state index in [1.54, 1.807) is 6.92 Å². The van der Waals surface area contributed by atoms with Gasteiger partial charge in [0.2, 0.25) is 11.7 Å². The molecular weight excluding hydrogens is 532 g/mol. The van der Waals surface area contributed by atoms with Crippen molar-refractivity contribution in [3.05, 3.63) is 72.0 Å². The minimum absolute atomic E-state index is 0.0281. The Morgan fingerprint density at radius 2 is 1.90 bits per heavy atom. The van der Waals surface area contributed by atoms with Gasteiger partial charge in [-0.2, -0.15) is 0 Å². The van der Waals surface area contributed by atoms with E-state index in [0.717, 1.165) is 16.5 Å². The largest absolute Gasteiger partial charge is 0.450 e. The van der Waals surface area contributed by atoms with E-state index in [4.69, 9.17) is 9.47 Å². The number of esters is 1. The molecule has 9 atom stereocenters. The summed E-state index contributed by atoms with van der Waals surface area (Å²) in [7, 11) is 0. The summed E-state index contributed by atoms with van der Waals surface area (Å²) < 4.78 is 11.7. The molecule has 0 bridgehead atoms. The normalized spacial score (nSPS) is 40.6. The minimum atomic E-state index is -1.44. The maximum absolute atomic E-state index is 14.4. The molecule has 3 heterocycles. The first-order chi connectivity index (χ1) is 20.0. The highest BCUT2D eigenvalue weighted by atomic mass is 16.6. The van der Waals surface area contributed by atoms with Gasteiger partial charge in [0, 0.05) is 41.9 Å². The number of para-hydroxylation sites is 1. The van der Waals surface area contributed by atoms with Crippen LogP contribution >= 0.6 is 0 Å². The summed E-state index contributed by atoms with van der Waals surface area (Å²) in [5.41, 5.74) is 0.774. The molecule has 42 heavy (non-hydrogen) atoms. The summed E-state index contributed by atoms with van der Waals surface area (Å²) in [5.74, 6) is -2.80. The predicted molar refractivity (Wildman–Crippen MR) is 157 cm³/mol. The van der Waals surface area contributed by atoms with E-state index in [1.165, 1.54) is 19.1 Å². The molecule has 1 amide bonds. The first kappa shape index (κ1) is 28.3. The number of nitrogens with one attached hydrogen (secondary N) is 2. The van der Waals surface area contributed by atoms with Gasteiger partial charge in [0.1, 0.15) is 5.41 Å². The van der Waals surface area contributed by atoms with Crippen molar-refractivity contribution < 1.29 is 28.7 Å². The summed E-state index contributed by atoms with van der Waals surface area (Å²) in [6.45, 7) is 9.17. The van der Waals surface area contributed by atoms with Crippen LogP contribution in [0.4, 0.5) is 0 Å². The highest BCUT2D eigenvalue weighted by Gasteiger charge is 2.78. The average molecular weight is 571 g/mol. The lowest BCUT2D eigenvalue weighted by Crippen LogP contribution is -2.58. The Kier molecular flexibility index (Phi) is 6.88. The number of aromatic nitrogens is 1. The summed E-state index contributed by atoms with van der Waals surface area (Å²) in [6.07, 6.45) is 10.1. The van der Waals surface area contributed by atoms with Gasteiger partial charge >= 0.3 is 5.97 Å². The molecule has 2 aliphatic carbocycles. The number of aromatic amines is 1. The first-order valence-electron chi connectivity index (χ1n) is 14.8. The van der Waals surface area contributed by atoms with Crippen molar-refractivity contribution in [1.82, 2.24) is 10.3 Å². The zero-order chi connectivity index (χ0) is 30.0. The molecule has 4 aliphatic rings. The third-order valence-corrected chi connectivity index (χ3v) is 10.1. The molecule has 1 spiro atoms. The number of fused-ring (bicyclic) bond motifs is 3. The van der Waals surface area contributed by atoms with Crippen molar-refractivity contribution in [3.63, 3.8) is 0 Å². The van der Waals surface area contributed by atoms with Crippen molar-refractivity contribution in [1.29, 1.82) is 0 Å². The molecule has 1 aromatic carbocycles. The highest BCUT2D eigenvalue weighted by molar-refractivity contribution is 6.15. The number of carbonyl (C=O) groups is 4. The number of amides is 1. The Balaban J connectivity index is 1.45. The van der Waals surface area contributed by atoms with E-state index >= 15 is 0 Å². The van der Waals surface area contributed by atoms with E-state index < -0.39 is 40.6 Å². The van der Waals surface area contributed by atoms with E-state index in [-0.39, 0.29) is 35.8 Å². The molecular formula is C34H38N2O6. The van der Waals surface area contributed by atoms with Crippen LogP contribution in [0, 0.1) is 29.1 Å². The van der Waals surface area contributed by atoms with Crippen LogP contribution in [0.2, 0.25) is 0 Å². The van der Waals surface area contributed by atoms with Gasteiger partial charge < -0.3 is 19.8 Å². The predicted octanol–water partition coefficient (Wildman–Crippen LogP) is 4.40. The lowest BCUT2D eigenvalue weighted by atomic mass is 9.51. The summed E-state index contributed by atoms with van der Waals surface area (Å²) in [5, 5.41) is 4.32. The Bertz CT molecular complexity index is 1570. The van der Waals surface area contributed by atoms with Crippen molar-refractivity contribution in [2.24, 2.45) is 29.1 Å². The third kappa shape index (κ3) is 4.30. The van der Waals surface area contributed by atoms with Gasteiger partial charge in [-0.1, -0.05) is 50.3 Å². The van der Waals surface area contributed by atoms with E-state index in [2.05, 4.69) is 30.2 Å². The van der Waals surface area contributed by atoms with Crippen LogP contribution in [0.25, 0.3) is 10.9 Å². The number of hydrogen-bond acceptors (Lipinski definition) is 6. The lowest BCUT2D eigenvalue weighted by molar-refractivity contribution is -0.149. The van der Waals surface area contributed by atoms with Crippen molar-refractivity contribution in [3.8, 4) is 0 Å². The smallest absolute Gasteiger partial charge is 0.303 e. The molecule has 2 aliphatic heterocycles. The zero-order valence-electron chi connectivity index (χ0n) is 24.7. The maximum atomic E-state index is 14.4. The summed E-state index contributed by atoms with van der Waals surface area (Å²) >= 11 is 0. The molecule has 0 radical (unpaired) electrons. The van der Waals surface area contributed by atoms with Gasteiger partial charge in [-0.05, 0) is 67.9 Å². The Morgan fingerprint density at radius 3 is 2.67 bits per heavy atom. The second kappa shape index (κ2) is 10.2. The van der Waals surface area contributed by atoms with Gasteiger partial charge in [-0.3, -0.25) is 19.2 Å².